The number of hydrogen-bond acceptors (Lipinski definition) is 5. The van der Waals surface area contributed by atoms with Gasteiger partial charge in [0.1, 0.15) is 5.75 Å². The van der Waals surface area contributed by atoms with Gasteiger partial charge < -0.3 is 20.9 Å². The van der Waals surface area contributed by atoms with Gasteiger partial charge in [0.2, 0.25) is 0 Å². The minimum absolute atomic E-state index is 0.284. The van der Waals surface area contributed by atoms with Gasteiger partial charge in [-0.25, -0.2) is 4.79 Å². The summed E-state index contributed by atoms with van der Waals surface area (Å²) >= 11 is 0. The molecule has 1 fully saturated rings. The van der Waals surface area contributed by atoms with Crippen molar-refractivity contribution in [1.82, 2.24) is 0 Å². The second-order valence-corrected chi connectivity index (χ2v) is 7.92. The van der Waals surface area contributed by atoms with E-state index in [2.05, 4.69) is 19.1 Å². The molecule has 156 valence electrons. The average Bonchev–Trinajstić information content (AvgIpc) is 2.73. The third-order valence-electron chi connectivity index (χ3n) is 5.78. The molecule has 0 bridgehead atoms. The zero-order chi connectivity index (χ0) is 20.6. The van der Waals surface area contributed by atoms with E-state index < -0.39 is 5.97 Å². The number of carbonyl (C=O) groups excluding carboxylic acids is 1. The monoisotopic (exact) mass is 396 g/mol. The first-order valence-corrected chi connectivity index (χ1v) is 10.6. The Morgan fingerprint density at radius 3 is 2.24 bits per heavy atom. The molecule has 0 heterocycles. The van der Waals surface area contributed by atoms with E-state index in [4.69, 9.17) is 20.9 Å². The number of nitrogen functional groups attached to an aromatic ring is 2. The zero-order valence-electron chi connectivity index (χ0n) is 17.2. The third-order valence-corrected chi connectivity index (χ3v) is 5.78. The predicted molar refractivity (Wildman–Crippen MR) is 117 cm³/mol. The Kier molecular flexibility index (Phi) is 7.39. The molecule has 0 saturated heterocycles. The van der Waals surface area contributed by atoms with Crippen molar-refractivity contribution < 1.29 is 14.3 Å². The van der Waals surface area contributed by atoms with Gasteiger partial charge in [0.25, 0.3) is 0 Å². The SMILES string of the molecule is CCC1CCC(c2ccc(OCCCOC(=O)c3cc(N)cc(N)c3)cc2)CC1. The smallest absolute Gasteiger partial charge is 0.338 e. The van der Waals surface area contributed by atoms with Gasteiger partial charge >= 0.3 is 5.97 Å². The maximum atomic E-state index is 12.0. The summed E-state index contributed by atoms with van der Waals surface area (Å²) in [5.41, 5.74) is 14.1. The van der Waals surface area contributed by atoms with Crippen LogP contribution in [0.4, 0.5) is 11.4 Å². The summed E-state index contributed by atoms with van der Waals surface area (Å²) in [6.07, 6.45) is 7.21. The highest BCUT2D eigenvalue weighted by Gasteiger charge is 2.21. The summed E-state index contributed by atoms with van der Waals surface area (Å²) in [5, 5.41) is 0. The van der Waals surface area contributed by atoms with Crippen molar-refractivity contribution in [3.63, 3.8) is 0 Å². The molecule has 0 spiro atoms. The average molecular weight is 397 g/mol. The van der Waals surface area contributed by atoms with E-state index in [-0.39, 0.29) is 6.61 Å². The molecule has 4 N–H and O–H groups in total. The number of ether oxygens (including phenoxy) is 2. The van der Waals surface area contributed by atoms with E-state index in [1.807, 2.05) is 12.1 Å². The van der Waals surface area contributed by atoms with Crippen molar-refractivity contribution in [3.05, 3.63) is 53.6 Å². The Morgan fingerprint density at radius 1 is 0.966 bits per heavy atom. The molecule has 2 aromatic rings. The van der Waals surface area contributed by atoms with Crippen LogP contribution in [0, 0.1) is 5.92 Å². The number of anilines is 2. The Bertz CT molecular complexity index is 776. The summed E-state index contributed by atoms with van der Waals surface area (Å²) in [4.78, 5) is 12.0. The third kappa shape index (κ3) is 6.14. The second-order valence-electron chi connectivity index (χ2n) is 7.92. The first-order chi connectivity index (χ1) is 14.0. The van der Waals surface area contributed by atoms with Crippen molar-refractivity contribution >= 4 is 17.3 Å². The molecule has 0 radical (unpaired) electrons. The van der Waals surface area contributed by atoms with Gasteiger partial charge in [-0.2, -0.15) is 0 Å². The number of nitrogens with two attached hydrogens (primary N) is 2. The number of benzene rings is 2. The van der Waals surface area contributed by atoms with Crippen LogP contribution in [0.5, 0.6) is 5.75 Å². The molecular formula is C24H32N2O3. The molecule has 1 aliphatic carbocycles. The fourth-order valence-electron chi connectivity index (χ4n) is 4.03. The van der Waals surface area contributed by atoms with E-state index in [0.29, 0.717) is 35.9 Å². The van der Waals surface area contributed by atoms with Crippen LogP contribution in [-0.2, 0) is 4.74 Å². The summed E-state index contributed by atoms with van der Waals surface area (Å²) in [6.45, 7) is 3.07. The minimum Gasteiger partial charge on any atom is -0.493 e. The van der Waals surface area contributed by atoms with E-state index in [1.54, 1.807) is 18.2 Å². The topological polar surface area (TPSA) is 87.6 Å². The Balaban J connectivity index is 1.37. The lowest BCUT2D eigenvalue weighted by Crippen LogP contribution is -2.12. The standard InChI is InChI=1S/C24H32N2O3/c1-2-17-4-6-18(7-5-17)19-8-10-23(11-9-19)28-12-3-13-29-24(27)20-14-21(25)16-22(26)15-20/h8-11,14-18H,2-7,12-13,25-26H2,1H3. The van der Waals surface area contributed by atoms with E-state index in [0.717, 1.165) is 11.7 Å². The van der Waals surface area contributed by atoms with Crippen LogP contribution in [0.2, 0.25) is 0 Å². The van der Waals surface area contributed by atoms with E-state index >= 15 is 0 Å². The summed E-state index contributed by atoms with van der Waals surface area (Å²) in [7, 11) is 0. The van der Waals surface area contributed by atoms with Gasteiger partial charge in [-0.15, -0.1) is 0 Å². The number of esters is 1. The van der Waals surface area contributed by atoms with Crippen LogP contribution in [0.3, 0.4) is 0 Å². The molecule has 29 heavy (non-hydrogen) atoms. The van der Waals surface area contributed by atoms with Crippen LogP contribution in [0.25, 0.3) is 0 Å². The van der Waals surface area contributed by atoms with Crippen molar-refractivity contribution in [2.75, 3.05) is 24.7 Å². The Hall–Kier alpha value is -2.69. The van der Waals surface area contributed by atoms with E-state index in [1.165, 1.54) is 37.7 Å². The van der Waals surface area contributed by atoms with Crippen molar-refractivity contribution in [3.8, 4) is 5.75 Å². The molecule has 5 nitrogen and oxygen atoms in total. The van der Waals surface area contributed by atoms with Gasteiger partial charge in [0.15, 0.2) is 0 Å². The van der Waals surface area contributed by atoms with Gasteiger partial charge in [0, 0.05) is 17.8 Å². The van der Waals surface area contributed by atoms with Crippen molar-refractivity contribution in [2.24, 2.45) is 5.92 Å². The second kappa shape index (κ2) is 10.2. The minimum atomic E-state index is -0.425. The van der Waals surface area contributed by atoms with Gasteiger partial charge in [-0.1, -0.05) is 25.5 Å². The van der Waals surface area contributed by atoms with Gasteiger partial charge in [-0.3, -0.25) is 0 Å². The Labute approximate surface area is 173 Å². The van der Waals surface area contributed by atoms with Crippen LogP contribution < -0.4 is 16.2 Å². The van der Waals surface area contributed by atoms with Gasteiger partial charge in [0.05, 0.1) is 18.8 Å². The first-order valence-electron chi connectivity index (χ1n) is 10.6. The molecule has 0 unspecified atom stereocenters. The maximum absolute atomic E-state index is 12.0. The molecular weight excluding hydrogens is 364 g/mol. The van der Waals surface area contributed by atoms with Crippen LogP contribution in [0.15, 0.2) is 42.5 Å². The molecule has 0 aliphatic heterocycles. The van der Waals surface area contributed by atoms with E-state index in [9.17, 15) is 4.79 Å². The number of rotatable bonds is 8. The molecule has 1 aliphatic rings. The van der Waals surface area contributed by atoms with Gasteiger partial charge in [-0.05, 0) is 73.4 Å². The first kappa shape index (κ1) is 21.0. The van der Waals surface area contributed by atoms with Crippen LogP contribution in [0.1, 0.15) is 67.3 Å². The number of hydrogen-bond donors (Lipinski definition) is 2. The predicted octanol–water partition coefficient (Wildman–Crippen LogP) is 5.16. The Morgan fingerprint density at radius 2 is 1.62 bits per heavy atom. The molecule has 0 amide bonds. The van der Waals surface area contributed by atoms with Crippen molar-refractivity contribution in [2.45, 2.75) is 51.4 Å². The molecule has 3 rings (SSSR count). The summed E-state index contributed by atoms with van der Waals surface area (Å²) in [5.74, 6) is 2.03. The highest BCUT2D eigenvalue weighted by atomic mass is 16.5. The lowest BCUT2D eigenvalue weighted by atomic mass is 9.78. The number of carbonyl (C=O) groups is 1. The molecule has 0 aromatic heterocycles. The quantitative estimate of drug-likeness (QED) is 0.365. The highest BCUT2D eigenvalue weighted by Crippen LogP contribution is 2.37. The normalized spacial score (nSPS) is 18.9. The fraction of sp³-hybridized carbons (Fsp3) is 0.458. The molecule has 1 saturated carbocycles. The highest BCUT2D eigenvalue weighted by molar-refractivity contribution is 5.91. The summed E-state index contributed by atoms with van der Waals surface area (Å²) < 4.78 is 11.0. The lowest BCUT2D eigenvalue weighted by Gasteiger charge is -2.28. The molecule has 2 aromatic carbocycles. The zero-order valence-corrected chi connectivity index (χ0v) is 17.2. The molecule has 0 atom stereocenters. The van der Waals surface area contributed by atoms with Crippen LogP contribution >= 0.6 is 0 Å². The fourth-order valence-corrected chi connectivity index (χ4v) is 4.03. The van der Waals surface area contributed by atoms with Crippen molar-refractivity contribution in [1.29, 1.82) is 0 Å². The lowest BCUT2D eigenvalue weighted by molar-refractivity contribution is 0.0486. The maximum Gasteiger partial charge on any atom is 0.338 e. The van der Waals surface area contributed by atoms with Crippen LogP contribution in [-0.4, -0.2) is 19.2 Å². The summed E-state index contributed by atoms with van der Waals surface area (Å²) in [6, 6.07) is 13.2. The largest absolute Gasteiger partial charge is 0.493 e. The molecule has 5 heteroatoms.